The summed E-state index contributed by atoms with van der Waals surface area (Å²) in [6.45, 7) is 13.7. The van der Waals surface area contributed by atoms with Crippen molar-refractivity contribution in [3.05, 3.63) is 83.9 Å². The van der Waals surface area contributed by atoms with E-state index in [-0.39, 0.29) is 30.6 Å². The molecule has 2 aromatic carbocycles. The van der Waals surface area contributed by atoms with E-state index in [4.69, 9.17) is 4.74 Å². The van der Waals surface area contributed by atoms with Gasteiger partial charge in [0.05, 0.1) is 5.92 Å². The Morgan fingerprint density at radius 3 is 2.37 bits per heavy atom. The highest BCUT2D eigenvalue weighted by atomic mass is 16.6. The maximum absolute atomic E-state index is 13.1. The molecule has 1 aliphatic heterocycles. The molecular weight excluding hydrogens is 512 g/mol. The summed E-state index contributed by atoms with van der Waals surface area (Å²) in [6, 6.07) is 18.8. The number of aryl methyl sites for hydroxylation is 1. The van der Waals surface area contributed by atoms with Crippen LogP contribution in [0.1, 0.15) is 68.6 Å². The zero-order chi connectivity index (χ0) is 29.4. The van der Waals surface area contributed by atoms with Crippen molar-refractivity contribution in [2.24, 2.45) is 23.7 Å². The topological polar surface area (TPSA) is 70.1 Å². The molecule has 1 aliphatic carbocycles. The summed E-state index contributed by atoms with van der Waals surface area (Å²) in [5.41, 5.74) is 3.50. The van der Waals surface area contributed by atoms with Crippen molar-refractivity contribution >= 4 is 12.1 Å². The number of rotatable bonds is 12. The first-order valence-electron chi connectivity index (χ1n) is 15.3. The van der Waals surface area contributed by atoms with Crippen molar-refractivity contribution in [3.63, 3.8) is 0 Å². The van der Waals surface area contributed by atoms with Crippen LogP contribution in [0.15, 0.2) is 67.3 Å². The van der Waals surface area contributed by atoms with Gasteiger partial charge in [-0.15, -0.1) is 6.58 Å². The predicted molar refractivity (Wildman–Crippen MR) is 164 cm³/mol. The number of hydrogen-bond acceptors (Lipinski definition) is 4. The number of nitrogens with zero attached hydrogens (tertiary/aromatic N) is 2. The van der Waals surface area contributed by atoms with Gasteiger partial charge in [-0.1, -0.05) is 80.1 Å². The molecule has 2 fully saturated rings. The minimum atomic E-state index is -0.645. The van der Waals surface area contributed by atoms with Crippen LogP contribution in [0, 0.1) is 30.6 Å². The quantitative estimate of drug-likeness (QED) is 0.279. The number of carbonyl (C=O) groups excluding carboxylic acids is 1. The highest BCUT2D eigenvalue weighted by molar-refractivity contribution is 5.70. The molecule has 1 N–H and O–H groups in total. The average molecular weight is 561 g/mol. The summed E-state index contributed by atoms with van der Waals surface area (Å²) in [4.78, 5) is 29.7. The monoisotopic (exact) mass is 560 g/mol. The summed E-state index contributed by atoms with van der Waals surface area (Å²) in [6.07, 6.45) is 5.91. The highest BCUT2D eigenvalue weighted by Crippen LogP contribution is 2.47. The van der Waals surface area contributed by atoms with Gasteiger partial charge in [-0.3, -0.25) is 4.79 Å². The Morgan fingerprint density at radius 2 is 1.76 bits per heavy atom. The van der Waals surface area contributed by atoms with E-state index >= 15 is 0 Å². The van der Waals surface area contributed by atoms with Crippen LogP contribution in [0.3, 0.4) is 0 Å². The van der Waals surface area contributed by atoms with Gasteiger partial charge in [0.2, 0.25) is 0 Å². The molecule has 0 bridgehead atoms. The highest BCUT2D eigenvalue weighted by Gasteiger charge is 2.42. The van der Waals surface area contributed by atoms with Crippen LogP contribution in [-0.2, 0) is 16.1 Å². The summed E-state index contributed by atoms with van der Waals surface area (Å²) in [5, 5.41) is 10.1. The SMILES string of the molecule is C=CCN(C(=O)OCc1ccc(C)cc1)C1CCN(C[C@H]2CC(C(CC(C)C)C(=O)O)C[C@@H]2c2ccccc2)CC1. The van der Waals surface area contributed by atoms with Gasteiger partial charge in [-0.05, 0) is 73.8 Å². The average Bonchev–Trinajstić information content (AvgIpc) is 3.38. The van der Waals surface area contributed by atoms with Crippen LogP contribution in [0.2, 0.25) is 0 Å². The first-order chi connectivity index (χ1) is 19.7. The zero-order valence-electron chi connectivity index (χ0n) is 25.1. The minimum absolute atomic E-state index is 0.124. The lowest BCUT2D eigenvalue weighted by molar-refractivity contribution is -0.144. The van der Waals surface area contributed by atoms with Crippen LogP contribution < -0.4 is 0 Å². The minimum Gasteiger partial charge on any atom is -0.481 e. The molecule has 1 heterocycles. The van der Waals surface area contributed by atoms with Crippen LogP contribution >= 0.6 is 0 Å². The third-order valence-electron chi connectivity index (χ3n) is 9.10. The van der Waals surface area contributed by atoms with Crippen LogP contribution in [-0.4, -0.2) is 59.2 Å². The van der Waals surface area contributed by atoms with Crippen molar-refractivity contribution in [2.75, 3.05) is 26.2 Å². The Kier molecular flexibility index (Phi) is 11.0. The first kappa shape index (κ1) is 30.8. The second-order valence-electron chi connectivity index (χ2n) is 12.6. The fraction of sp³-hybridized carbons (Fsp3) is 0.543. The van der Waals surface area contributed by atoms with E-state index in [1.165, 1.54) is 11.1 Å². The van der Waals surface area contributed by atoms with Crippen molar-refractivity contribution < 1.29 is 19.4 Å². The molecule has 6 heteroatoms. The number of hydrogen-bond donors (Lipinski definition) is 1. The maximum atomic E-state index is 13.1. The summed E-state index contributed by atoms with van der Waals surface area (Å²) in [5.74, 6) is 0.447. The Hall–Kier alpha value is -3.12. The lowest BCUT2D eigenvalue weighted by Crippen LogP contribution is -2.48. The van der Waals surface area contributed by atoms with Gasteiger partial charge < -0.3 is 19.6 Å². The Bertz CT molecular complexity index is 1120. The van der Waals surface area contributed by atoms with E-state index in [0.29, 0.717) is 24.3 Å². The molecule has 6 nitrogen and oxygen atoms in total. The summed E-state index contributed by atoms with van der Waals surface area (Å²) in [7, 11) is 0. The zero-order valence-corrected chi connectivity index (χ0v) is 25.1. The fourth-order valence-corrected chi connectivity index (χ4v) is 6.98. The Balaban J connectivity index is 1.37. The third kappa shape index (κ3) is 8.45. The molecule has 0 radical (unpaired) electrons. The number of carbonyl (C=O) groups is 2. The van der Waals surface area contributed by atoms with Gasteiger partial charge in [0.1, 0.15) is 6.61 Å². The van der Waals surface area contributed by atoms with Gasteiger partial charge in [-0.25, -0.2) is 4.79 Å². The third-order valence-corrected chi connectivity index (χ3v) is 9.10. The number of carboxylic acids is 1. The number of piperidine rings is 1. The second-order valence-corrected chi connectivity index (χ2v) is 12.6. The van der Waals surface area contributed by atoms with E-state index in [1.54, 1.807) is 6.08 Å². The molecule has 1 amide bonds. The standard InChI is InChI=1S/C35H48N2O4/c1-5-17-37(35(40)41-24-27-13-11-26(4)12-14-27)31-15-18-36(19-16-31)23-30-21-29(33(34(38)39)20-25(2)3)22-32(30)28-9-7-6-8-10-28/h5-14,25,29-33H,1,15-24H2,2-4H3,(H,38,39)/t29?,30-,32-,33?/m1/s1. The lowest BCUT2D eigenvalue weighted by Gasteiger charge is -2.39. The molecule has 1 saturated carbocycles. The smallest absolute Gasteiger partial charge is 0.410 e. The number of likely N-dealkylation sites (tertiary alicyclic amines) is 1. The van der Waals surface area contributed by atoms with Gasteiger partial charge in [0, 0.05) is 32.2 Å². The second kappa shape index (κ2) is 14.7. The number of aliphatic carboxylic acids is 1. The molecule has 2 aromatic rings. The fourth-order valence-electron chi connectivity index (χ4n) is 6.98. The van der Waals surface area contributed by atoms with Crippen LogP contribution in [0.25, 0.3) is 0 Å². The first-order valence-corrected chi connectivity index (χ1v) is 15.3. The van der Waals surface area contributed by atoms with Gasteiger partial charge >= 0.3 is 12.1 Å². The Morgan fingerprint density at radius 1 is 1.07 bits per heavy atom. The van der Waals surface area contributed by atoms with E-state index in [0.717, 1.165) is 57.3 Å². The number of amides is 1. The van der Waals surface area contributed by atoms with Gasteiger partial charge in [-0.2, -0.15) is 0 Å². The van der Waals surface area contributed by atoms with Gasteiger partial charge in [0.25, 0.3) is 0 Å². The van der Waals surface area contributed by atoms with Crippen molar-refractivity contribution in [1.82, 2.24) is 9.80 Å². The molecule has 2 aliphatic rings. The Labute approximate surface area is 246 Å². The molecule has 1 saturated heterocycles. The summed E-state index contributed by atoms with van der Waals surface area (Å²) >= 11 is 0. The molecule has 41 heavy (non-hydrogen) atoms. The van der Waals surface area contributed by atoms with Crippen LogP contribution in [0.4, 0.5) is 4.79 Å². The largest absolute Gasteiger partial charge is 0.481 e. The number of ether oxygens (including phenoxy) is 1. The van der Waals surface area contributed by atoms with Gasteiger partial charge in [0.15, 0.2) is 0 Å². The molecule has 222 valence electrons. The van der Waals surface area contributed by atoms with Crippen LogP contribution in [0.5, 0.6) is 0 Å². The normalized spacial score (nSPS) is 22.4. The van der Waals surface area contributed by atoms with E-state index in [2.05, 4.69) is 55.7 Å². The van der Waals surface area contributed by atoms with E-state index in [9.17, 15) is 14.7 Å². The van der Waals surface area contributed by atoms with Crippen molar-refractivity contribution in [2.45, 2.75) is 71.4 Å². The lowest BCUT2D eigenvalue weighted by atomic mass is 9.83. The van der Waals surface area contributed by atoms with E-state index in [1.807, 2.05) is 36.1 Å². The molecule has 0 spiro atoms. The maximum Gasteiger partial charge on any atom is 0.410 e. The van der Waals surface area contributed by atoms with Crippen molar-refractivity contribution in [3.8, 4) is 0 Å². The molecule has 2 unspecified atom stereocenters. The number of benzene rings is 2. The molecule has 4 rings (SSSR count). The molecule has 4 atom stereocenters. The predicted octanol–water partition coefficient (Wildman–Crippen LogP) is 7.14. The molecule has 0 aromatic heterocycles. The van der Waals surface area contributed by atoms with E-state index < -0.39 is 5.97 Å². The number of carboxylic acid groups (broad SMARTS) is 1. The summed E-state index contributed by atoms with van der Waals surface area (Å²) < 4.78 is 5.69. The van der Waals surface area contributed by atoms with Crippen molar-refractivity contribution in [1.29, 1.82) is 0 Å². The molecular formula is C35H48N2O4.